The quantitative estimate of drug-likeness (QED) is 0.557. The molecule has 1 aliphatic rings. The lowest BCUT2D eigenvalue weighted by molar-refractivity contribution is -0.120. The van der Waals surface area contributed by atoms with Gasteiger partial charge in [0.25, 0.3) is 10.2 Å². The van der Waals surface area contributed by atoms with Gasteiger partial charge in [0.2, 0.25) is 11.0 Å². The summed E-state index contributed by atoms with van der Waals surface area (Å²) in [5, 5.41) is 11.2. The Hall–Kier alpha value is -0.750. The predicted octanol–water partition coefficient (Wildman–Crippen LogP) is 1.50. The molecule has 0 saturated carbocycles. The summed E-state index contributed by atoms with van der Waals surface area (Å²) in [4.78, 5) is 12.4. The second-order valence-electron chi connectivity index (χ2n) is 5.70. The van der Waals surface area contributed by atoms with Crippen LogP contribution in [0.4, 0.5) is 5.13 Å². The first-order valence-corrected chi connectivity index (χ1v) is 11.0. The molecule has 0 spiro atoms. The Balaban J connectivity index is 1.96. The fourth-order valence-electron chi connectivity index (χ4n) is 2.31. The van der Waals surface area contributed by atoms with Crippen LogP contribution < -0.4 is 5.32 Å². The van der Waals surface area contributed by atoms with E-state index in [2.05, 4.69) is 22.4 Å². The van der Waals surface area contributed by atoms with Crippen LogP contribution in [0.15, 0.2) is 4.34 Å². The molecule has 1 aromatic rings. The maximum atomic E-state index is 12.4. The number of aromatic nitrogens is 2. The zero-order valence-corrected chi connectivity index (χ0v) is 16.5. The van der Waals surface area contributed by atoms with E-state index in [-0.39, 0.29) is 18.4 Å². The van der Waals surface area contributed by atoms with Crippen LogP contribution in [0.2, 0.25) is 0 Å². The van der Waals surface area contributed by atoms with E-state index in [4.69, 9.17) is 0 Å². The summed E-state index contributed by atoms with van der Waals surface area (Å²) in [7, 11) is -0.496. The maximum absolute atomic E-state index is 12.4. The fraction of sp³-hybridized carbons (Fsp3) is 0.769. The molecule has 24 heavy (non-hydrogen) atoms. The summed E-state index contributed by atoms with van der Waals surface area (Å²) in [6.45, 7) is 2.73. The Labute approximate surface area is 151 Å². The number of amides is 1. The van der Waals surface area contributed by atoms with Gasteiger partial charge in [-0.25, -0.2) is 0 Å². The molecule has 8 nitrogen and oxygen atoms in total. The number of anilines is 1. The van der Waals surface area contributed by atoms with E-state index in [1.807, 2.05) is 0 Å². The van der Waals surface area contributed by atoms with Crippen molar-refractivity contribution in [3.05, 3.63) is 0 Å². The Bertz CT molecular complexity index is 662. The van der Waals surface area contributed by atoms with E-state index in [0.29, 0.717) is 24.5 Å². The number of piperidine rings is 1. The minimum absolute atomic E-state index is 0.197. The van der Waals surface area contributed by atoms with Crippen molar-refractivity contribution in [1.82, 2.24) is 18.8 Å². The van der Waals surface area contributed by atoms with Crippen LogP contribution in [0.1, 0.15) is 26.2 Å². The average Bonchev–Trinajstić information content (AvgIpc) is 3.00. The molecule has 0 radical (unpaired) electrons. The summed E-state index contributed by atoms with van der Waals surface area (Å²) < 4.78 is 27.8. The molecule has 1 aromatic heterocycles. The van der Waals surface area contributed by atoms with Crippen LogP contribution in [-0.2, 0) is 15.0 Å². The van der Waals surface area contributed by atoms with Gasteiger partial charge < -0.3 is 5.32 Å². The molecule has 1 aliphatic heterocycles. The summed E-state index contributed by atoms with van der Waals surface area (Å²) in [6, 6.07) is 0. The van der Waals surface area contributed by atoms with Gasteiger partial charge >= 0.3 is 0 Å². The van der Waals surface area contributed by atoms with Crippen molar-refractivity contribution in [3.8, 4) is 0 Å². The molecule has 1 fully saturated rings. The highest BCUT2D eigenvalue weighted by Gasteiger charge is 2.33. The van der Waals surface area contributed by atoms with Crippen molar-refractivity contribution in [2.45, 2.75) is 30.5 Å². The standard InChI is InChI=1S/C13H23N5O3S3/c1-4-8-22-13-16-15-12(23-13)14-11(19)10-6-5-7-18(9-10)24(20,21)17(2)3/h10H,4-9H2,1-3H3,(H,14,15,19)/t10-/m0/s1. The number of hydrogen-bond acceptors (Lipinski definition) is 7. The van der Waals surface area contributed by atoms with E-state index in [9.17, 15) is 13.2 Å². The number of nitrogens with one attached hydrogen (secondary N) is 1. The number of hydrogen-bond donors (Lipinski definition) is 1. The SMILES string of the molecule is CCCSc1nnc(NC(=O)[C@H]2CCCN(S(=O)(=O)N(C)C)C2)s1. The smallest absolute Gasteiger partial charge is 0.281 e. The first kappa shape index (κ1) is 19.6. The monoisotopic (exact) mass is 393 g/mol. The van der Waals surface area contributed by atoms with Crippen molar-refractivity contribution in [1.29, 1.82) is 0 Å². The van der Waals surface area contributed by atoms with Gasteiger partial charge in [-0.1, -0.05) is 30.0 Å². The number of carbonyl (C=O) groups is 1. The van der Waals surface area contributed by atoms with Gasteiger partial charge in [0.15, 0.2) is 4.34 Å². The molecular weight excluding hydrogens is 370 g/mol. The lowest BCUT2D eigenvalue weighted by Crippen LogP contribution is -2.47. The number of rotatable bonds is 7. The van der Waals surface area contributed by atoms with E-state index >= 15 is 0 Å². The number of nitrogens with zero attached hydrogens (tertiary/aromatic N) is 4. The molecule has 2 rings (SSSR count). The van der Waals surface area contributed by atoms with Gasteiger partial charge in [0.1, 0.15) is 0 Å². The Morgan fingerprint density at radius 3 is 2.88 bits per heavy atom. The van der Waals surface area contributed by atoms with Gasteiger partial charge in [0.05, 0.1) is 5.92 Å². The molecular formula is C13H23N5O3S3. The van der Waals surface area contributed by atoms with Crippen LogP contribution in [0, 0.1) is 5.92 Å². The highest BCUT2D eigenvalue weighted by Crippen LogP contribution is 2.27. The Morgan fingerprint density at radius 2 is 2.21 bits per heavy atom. The lowest BCUT2D eigenvalue weighted by atomic mass is 9.99. The number of thioether (sulfide) groups is 1. The zero-order valence-electron chi connectivity index (χ0n) is 14.1. The topological polar surface area (TPSA) is 95.5 Å². The molecule has 1 atom stereocenters. The minimum Gasteiger partial charge on any atom is -0.300 e. The predicted molar refractivity (Wildman–Crippen MR) is 96.5 cm³/mol. The minimum atomic E-state index is -3.49. The van der Waals surface area contributed by atoms with Crippen LogP contribution in [-0.4, -0.2) is 66.1 Å². The Kier molecular flexibility index (Phi) is 6.99. The van der Waals surface area contributed by atoms with Gasteiger partial charge in [-0.2, -0.15) is 17.0 Å². The summed E-state index contributed by atoms with van der Waals surface area (Å²) in [6.07, 6.45) is 2.38. The van der Waals surface area contributed by atoms with Crippen molar-refractivity contribution in [2.75, 3.05) is 38.3 Å². The normalized spacial score (nSPS) is 19.6. The molecule has 0 aromatic carbocycles. The van der Waals surface area contributed by atoms with Crippen molar-refractivity contribution in [3.63, 3.8) is 0 Å². The molecule has 1 amide bonds. The molecule has 0 bridgehead atoms. The first-order valence-electron chi connectivity index (χ1n) is 7.79. The Morgan fingerprint density at radius 1 is 1.46 bits per heavy atom. The third-order valence-electron chi connectivity index (χ3n) is 3.61. The summed E-state index contributed by atoms with van der Waals surface area (Å²) >= 11 is 2.96. The van der Waals surface area contributed by atoms with Crippen LogP contribution >= 0.6 is 23.1 Å². The molecule has 1 saturated heterocycles. The fourth-order valence-corrected chi connectivity index (χ4v) is 5.18. The molecule has 0 aliphatic carbocycles. The maximum Gasteiger partial charge on any atom is 0.281 e. The average molecular weight is 394 g/mol. The van der Waals surface area contributed by atoms with Gasteiger partial charge in [0, 0.05) is 32.9 Å². The van der Waals surface area contributed by atoms with Crippen molar-refractivity contribution in [2.24, 2.45) is 5.92 Å². The molecule has 136 valence electrons. The zero-order chi connectivity index (χ0) is 17.7. The van der Waals surface area contributed by atoms with Crippen LogP contribution in [0.5, 0.6) is 0 Å². The molecule has 0 unspecified atom stereocenters. The van der Waals surface area contributed by atoms with Crippen LogP contribution in [0.25, 0.3) is 0 Å². The summed E-state index contributed by atoms with van der Waals surface area (Å²) in [5.74, 6) is 0.392. The van der Waals surface area contributed by atoms with E-state index in [1.165, 1.54) is 34.0 Å². The highest BCUT2D eigenvalue weighted by atomic mass is 32.2. The van der Waals surface area contributed by atoms with Gasteiger partial charge in [-0.05, 0) is 19.3 Å². The van der Waals surface area contributed by atoms with Crippen LogP contribution in [0.3, 0.4) is 0 Å². The van der Waals surface area contributed by atoms with Crippen molar-refractivity contribution < 1.29 is 13.2 Å². The number of carbonyl (C=O) groups excluding carboxylic acids is 1. The molecule has 11 heteroatoms. The lowest BCUT2D eigenvalue weighted by Gasteiger charge is -2.32. The summed E-state index contributed by atoms with van der Waals surface area (Å²) in [5.41, 5.74) is 0. The van der Waals surface area contributed by atoms with Gasteiger partial charge in [-0.15, -0.1) is 10.2 Å². The van der Waals surface area contributed by atoms with Gasteiger partial charge in [-0.3, -0.25) is 4.79 Å². The largest absolute Gasteiger partial charge is 0.300 e. The second-order valence-corrected chi connectivity index (χ2v) is 10.2. The van der Waals surface area contributed by atoms with Crippen molar-refractivity contribution >= 4 is 44.3 Å². The second kappa shape index (κ2) is 8.56. The third kappa shape index (κ3) is 4.88. The van der Waals surface area contributed by atoms with E-state index in [1.54, 1.807) is 11.8 Å². The first-order chi connectivity index (χ1) is 11.3. The highest BCUT2D eigenvalue weighted by molar-refractivity contribution is 8.01. The third-order valence-corrected chi connectivity index (χ3v) is 7.69. The molecule has 1 N–H and O–H groups in total. The van der Waals surface area contributed by atoms with E-state index in [0.717, 1.165) is 16.5 Å². The van der Waals surface area contributed by atoms with E-state index < -0.39 is 10.2 Å². The molecule has 2 heterocycles.